The highest BCUT2D eigenvalue weighted by Gasteiger charge is 2.63. The first-order valence-electron chi connectivity index (χ1n) is 44.2. The van der Waals surface area contributed by atoms with E-state index in [1.165, 1.54) is 0 Å². The molecule has 31 N–H and O–H groups in total. The van der Waals surface area contributed by atoms with Crippen molar-refractivity contribution < 1.29 is 275 Å². The number of rotatable bonds is 39. The molecule has 55 atom stereocenters. The first kappa shape index (κ1) is 114. The average molecular weight is 2020 g/mol. The van der Waals surface area contributed by atoms with Gasteiger partial charge in [-0.25, -0.2) is 0 Å². The van der Waals surface area contributed by atoms with Crippen LogP contribution in [0.25, 0.3) is 0 Å². The zero-order valence-corrected chi connectivity index (χ0v) is 75.4. The number of carbonyl (C=O) groups is 4. The Bertz CT molecular complexity index is 3730. The molecule has 11 aliphatic rings. The molecule has 0 aromatic carbocycles. The molecule has 0 aliphatic carbocycles. The van der Waals surface area contributed by atoms with Crippen molar-refractivity contribution in [3.05, 3.63) is 0 Å². The highest BCUT2D eigenvalue weighted by atomic mass is 16.8. The van der Waals surface area contributed by atoms with E-state index in [-0.39, 0.29) is 0 Å². The molecule has 4 amide bonds. The second-order valence-corrected chi connectivity index (χ2v) is 34.7. The standard InChI is InChI=1S/C78H132N4O56/c1-20(90)79-35-47(102)58(28(13-87)122-68(35)113)133-69-36(80-21(2)91)49(104)60(30(15-89)127-69)135-77-57(112)66(46(101)34(132-77)19-118-72-52(107)50(105)39(94)24(9-83)123-72)137-78-67(51(106)40(95)25(10-84)126-78)138-70-37(81-22(3)92)48(103)59(29(14-88)128-70)134-71-38(82-23(4)93)61(136-76-56(111)65(117-8)45(100)33(131-76)18-120-74-54(109)63(115-6)42(97)27(12-86)125-74)43(98)31(129-71)16-121-75-55(110)64(116-7)44(99)32(130-75)17-119-73-53(108)62(114-5)41(96)26(11-85)124-73/h24-78,83-89,94-113H,9-19H2,1-8H3,(H,79,90)(H,80,91)(H,81,92)(H,82,93)/t24-,25-,26-,27-,28-,29-,30-,31-,32-,33-,34-,35-,36-,37-,38-,39-,40-,41+,42+,43-,44+,45+,46-,47-,48-,49-,50+,51+,52+,53-,54-,55-,56-,57+,58-,59-,60-,61-,62+,63+,64+,65+,66+,67+,68?,69+,70+,71+,72+,73-,74-,75-,76+,77+,78-/m1/s1. The molecule has 0 spiro atoms. The van der Waals surface area contributed by atoms with Gasteiger partial charge >= 0.3 is 0 Å². The lowest BCUT2D eigenvalue weighted by atomic mass is 9.93. The molecule has 60 nitrogen and oxygen atoms in total. The Kier molecular flexibility index (Phi) is 42.1. The summed E-state index contributed by atoms with van der Waals surface area (Å²) >= 11 is 0. The number of aliphatic hydroxyl groups is 27. The lowest BCUT2D eigenvalue weighted by molar-refractivity contribution is -0.397. The lowest BCUT2D eigenvalue weighted by Gasteiger charge is -2.51. The second-order valence-electron chi connectivity index (χ2n) is 34.7. The topological polar surface area (TPSA) is 893 Å². The van der Waals surface area contributed by atoms with E-state index in [4.69, 9.17) is 118 Å². The van der Waals surface area contributed by atoms with E-state index in [0.29, 0.717) is 0 Å². The van der Waals surface area contributed by atoms with E-state index < -0.39 is 434 Å². The van der Waals surface area contributed by atoms with Gasteiger partial charge in [-0.15, -0.1) is 0 Å². The quantitative estimate of drug-likeness (QED) is 0.0272. The molecule has 0 radical (unpaired) electrons. The van der Waals surface area contributed by atoms with Crippen molar-refractivity contribution in [2.24, 2.45) is 0 Å². The zero-order valence-electron chi connectivity index (χ0n) is 75.4. The van der Waals surface area contributed by atoms with Crippen LogP contribution in [0.15, 0.2) is 0 Å². The van der Waals surface area contributed by atoms with Gasteiger partial charge in [0.2, 0.25) is 23.6 Å². The predicted octanol–water partition coefficient (Wildman–Crippen LogP) is -21.8. The van der Waals surface area contributed by atoms with E-state index in [1.54, 1.807) is 0 Å². The smallest absolute Gasteiger partial charge is 0.217 e. The van der Waals surface area contributed by atoms with Crippen LogP contribution in [0.4, 0.5) is 0 Å². The summed E-state index contributed by atoms with van der Waals surface area (Å²) in [6.07, 6.45) is -101. The molecular formula is C78H132N4O56. The maximum Gasteiger partial charge on any atom is 0.217 e. The molecule has 0 aromatic heterocycles. The van der Waals surface area contributed by atoms with E-state index in [9.17, 15) is 157 Å². The molecule has 11 heterocycles. The largest absolute Gasteiger partial charge is 0.394 e. The molecule has 60 heteroatoms. The third kappa shape index (κ3) is 25.4. The van der Waals surface area contributed by atoms with Crippen LogP contribution in [-0.2, 0) is 138 Å². The van der Waals surface area contributed by atoms with E-state index in [0.717, 1.165) is 56.1 Å². The number of hydrogen-bond acceptors (Lipinski definition) is 56. The highest BCUT2D eigenvalue weighted by Crippen LogP contribution is 2.42. The molecule has 1 unspecified atom stereocenters. The summed E-state index contributed by atoms with van der Waals surface area (Å²) in [7, 11) is 4.37. The van der Waals surface area contributed by atoms with Crippen LogP contribution in [0.2, 0.25) is 0 Å². The van der Waals surface area contributed by atoms with Gasteiger partial charge in [0.15, 0.2) is 69.2 Å². The highest BCUT2D eigenvalue weighted by molar-refractivity contribution is 5.74. The Hall–Kier alpha value is -4.20. The first-order valence-corrected chi connectivity index (χ1v) is 44.2. The van der Waals surface area contributed by atoms with Gasteiger partial charge < -0.3 is 278 Å². The third-order valence-corrected chi connectivity index (χ3v) is 25.5. The Labute approximate surface area is 784 Å². The molecule has 800 valence electrons. The van der Waals surface area contributed by atoms with Gasteiger partial charge in [-0.05, 0) is 0 Å². The van der Waals surface area contributed by atoms with E-state index >= 15 is 0 Å². The summed E-state index contributed by atoms with van der Waals surface area (Å²) in [4.78, 5) is 52.5. The van der Waals surface area contributed by atoms with Gasteiger partial charge in [-0.2, -0.15) is 0 Å². The van der Waals surface area contributed by atoms with Crippen LogP contribution < -0.4 is 21.3 Å². The molecule has 11 rings (SSSR count). The number of aliphatic hydroxyl groups excluding tert-OH is 27. The Balaban J connectivity index is 0.901. The average Bonchev–Trinajstić information content (AvgIpc) is 0.759. The molecule has 0 aromatic rings. The summed E-state index contributed by atoms with van der Waals surface area (Å²) in [6, 6.07) is -7.75. The number of hydrogen-bond donors (Lipinski definition) is 31. The number of carbonyl (C=O) groups excluding carboxylic acids is 4. The first-order chi connectivity index (χ1) is 65.5. The van der Waals surface area contributed by atoms with E-state index in [1.807, 2.05) is 0 Å². The molecule has 138 heavy (non-hydrogen) atoms. The van der Waals surface area contributed by atoms with Crippen molar-refractivity contribution in [3.63, 3.8) is 0 Å². The number of nitrogens with one attached hydrogen (secondary N) is 4. The van der Waals surface area contributed by atoms with Gasteiger partial charge in [0.25, 0.3) is 0 Å². The minimum atomic E-state index is -2.56. The van der Waals surface area contributed by atoms with Crippen LogP contribution >= 0.6 is 0 Å². The van der Waals surface area contributed by atoms with Crippen molar-refractivity contribution in [1.29, 1.82) is 0 Å². The van der Waals surface area contributed by atoms with Crippen LogP contribution in [0.1, 0.15) is 27.7 Å². The van der Waals surface area contributed by atoms with Gasteiger partial charge in [0.1, 0.15) is 268 Å². The van der Waals surface area contributed by atoms with Gasteiger partial charge in [-0.3, -0.25) is 19.2 Å². The van der Waals surface area contributed by atoms with Crippen LogP contribution in [-0.4, -0.2) is 600 Å². The van der Waals surface area contributed by atoms with Crippen molar-refractivity contribution in [2.45, 2.75) is 365 Å². The summed E-state index contributed by atoms with van der Waals surface area (Å²) in [5.74, 6) is -3.78. The summed E-state index contributed by atoms with van der Waals surface area (Å²) < 4.78 is 148. The number of amides is 4. The SMILES string of the molecule is CO[C@H]1[C@@H](O)[C@@H](CO)O[C@@H](OC[C@H]2O[C@@H](OC[C@H]3O[C@@H](O[C@H]4[C@H](O)[C@@H](NC(C)=O)[C@H](O[C@@H]5[C@@H](O[C@@H]6[C@H](O)[C@H](O[C@H]7[C@H](O)[C@@H](NC(C)=O)[C@H](O[C@H]8[C@H](O)[C@@H](NC(C)=O)C(O)O[C@@H]8CO)O[C@@H]7CO)O[C@H](CO[C@H]7O[C@H](CO)[C@@H](O)[C@H](O)[C@@H]7O)[C@H]6O)O[C@H](CO)[C@@H](O)[C@@H]5O)O[C@@H]4CO)[C@H](NC(C)=O)[C@@H](O[C@@H]4O[C@H](CO[C@@H]5O[C@H](CO)[C@H](O)[C@H](OC)[C@H]5O)[C@H](O)[C@H](OC)[C@H]4O)[C@@H]3O)[C@H](O)[C@@H](OC)[C@H]2O)[C@@H]1O. The third-order valence-electron chi connectivity index (χ3n) is 25.5. The second kappa shape index (κ2) is 50.9. The fourth-order valence-corrected chi connectivity index (χ4v) is 18.2. The van der Waals surface area contributed by atoms with Gasteiger partial charge in [0, 0.05) is 56.1 Å². The van der Waals surface area contributed by atoms with Gasteiger partial charge in [0.05, 0.1) is 72.7 Å². The molecule has 0 saturated carbocycles. The number of methoxy groups -OCH3 is 4. The Morgan fingerprint density at radius 1 is 0.203 bits per heavy atom. The lowest BCUT2D eigenvalue weighted by Crippen LogP contribution is -2.71. The van der Waals surface area contributed by atoms with Gasteiger partial charge in [-0.1, -0.05) is 0 Å². The molecule has 11 aliphatic heterocycles. The maximum absolute atomic E-state index is 13.7. The molecular weight excluding hydrogens is 1890 g/mol. The van der Waals surface area contributed by atoms with Crippen molar-refractivity contribution in [1.82, 2.24) is 21.3 Å². The molecule has 11 fully saturated rings. The van der Waals surface area contributed by atoms with Crippen molar-refractivity contribution >= 4 is 23.6 Å². The Morgan fingerprint density at radius 3 is 0.804 bits per heavy atom. The molecule has 11 saturated heterocycles. The minimum Gasteiger partial charge on any atom is -0.394 e. The van der Waals surface area contributed by atoms with Crippen LogP contribution in [0.3, 0.4) is 0 Å². The molecule has 0 bridgehead atoms. The maximum atomic E-state index is 13.7. The fraction of sp³-hybridized carbons (Fsp3) is 0.949. The van der Waals surface area contributed by atoms with E-state index in [2.05, 4.69) is 21.3 Å². The van der Waals surface area contributed by atoms with Crippen LogP contribution in [0.5, 0.6) is 0 Å². The summed E-state index contributed by atoms with van der Waals surface area (Å²) in [6.45, 7) is -7.24. The van der Waals surface area contributed by atoms with Crippen molar-refractivity contribution in [2.75, 3.05) is 101 Å². The van der Waals surface area contributed by atoms with Crippen LogP contribution in [0, 0.1) is 0 Å². The fourth-order valence-electron chi connectivity index (χ4n) is 18.2. The predicted molar refractivity (Wildman–Crippen MR) is 428 cm³/mol. The Morgan fingerprint density at radius 2 is 0.435 bits per heavy atom. The normalized spacial score (nSPS) is 48.7. The summed E-state index contributed by atoms with van der Waals surface area (Å²) in [5, 5.41) is 315. The number of ether oxygens (including phenoxy) is 25. The summed E-state index contributed by atoms with van der Waals surface area (Å²) in [5.41, 5.74) is 0. The zero-order chi connectivity index (χ0) is 101. The minimum absolute atomic E-state index is 0.753. The van der Waals surface area contributed by atoms with Crippen molar-refractivity contribution in [3.8, 4) is 0 Å². The monoisotopic (exact) mass is 2020 g/mol.